The summed E-state index contributed by atoms with van der Waals surface area (Å²) in [6.07, 6.45) is 4.09. The summed E-state index contributed by atoms with van der Waals surface area (Å²) in [5.74, 6) is 0.923. The van der Waals surface area contributed by atoms with Crippen molar-refractivity contribution in [3.63, 3.8) is 0 Å². The van der Waals surface area contributed by atoms with Gasteiger partial charge in [-0.1, -0.05) is 48.3 Å². The summed E-state index contributed by atoms with van der Waals surface area (Å²) < 4.78 is 1.26. The predicted molar refractivity (Wildman–Crippen MR) is 89.8 cm³/mol. The number of likely N-dealkylation sites (tertiary alicyclic amines) is 1. The van der Waals surface area contributed by atoms with E-state index < -0.39 is 0 Å². The highest BCUT2D eigenvalue weighted by Crippen LogP contribution is 2.25. The van der Waals surface area contributed by atoms with Gasteiger partial charge < -0.3 is 5.32 Å². The molecule has 0 spiro atoms. The van der Waals surface area contributed by atoms with E-state index in [0.717, 1.165) is 25.6 Å². The first-order chi connectivity index (χ1) is 9.72. The van der Waals surface area contributed by atoms with Crippen LogP contribution in [0.15, 0.2) is 22.7 Å². The average molecular weight is 339 g/mol. The molecule has 1 N–H and O–H groups in total. The number of hydrogen-bond acceptors (Lipinski definition) is 2. The van der Waals surface area contributed by atoms with E-state index in [4.69, 9.17) is 0 Å². The van der Waals surface area contributed by atoms with Crippen LogP contribution in [-0.2, 0) is 13.1 Å². The molecule has 1 unspecified atom stereocenters. The lowest BCUT2D eigenvalue weighted by Gasteiger charge is -2.17. The van der Waals surface area contributed by atoms with Crippen LogP contribution in [0.2, 0.25) is 0 Å². The molecule has 2 nitrogen and oxygen atoms in total. The Morgan fingerprint density at radius 3 is 2.90 bits per heavy atom. The van der Waals surface area contributed by atoms with E-state index in [1.165, 1.54) is 48.0 Å². The fraction of sp³-hybridized carbons (Fsp3) is 0.647. The molecule has 1 fully saturated rings. The topological polar surface area (TPSA) is 15.3 Å². The standard InChI is InChI=1S/C17H27BrN2/c1-3-5-14-8-9-20(12-14)13-16-7-6-15(10-17(16)18)11-19-4-2/h6-7,10,14,19H,3-5,8-9,11-13H2,1-2H3. The molecule has 0 saturated carbocycles. The Hall–Kier alpha value is -0.380. The number of halogens is 1. The number of nitrogens with zero attached hydrogens (tertiary/aromatic N) is 1. The van der Waals surface area contributed by atoms with E-state index in [0.29, 0.717) is 0 Å². The maximum absolute atomic E-state index is 3.74. The van der Waals surface area contributed by atoms with Crippen molar-refractivity contribution in [2.75, 3.05) is 19.6 Å². The summed E-state index contributed by atoms with van der Waals surface area (Å²) in [5.41, 5.74) is 2.77. The van der Waals surface area contributed by atoms with Crippen LogP contribution < -0.4 is 5.32 Å². The lowest BCUT2D eigenvalue weighted by atomic mass is 10.0. The van der Waals surface area contributed by atoms with Gasteiger partial charge in [0.25, 0.3) is 0 Å². The van der Waals surface area contributed by atoms with E-state index >= 15 is 0 Å². The Bertz CT molecular complexity index is 419. The van der Waals surface area contributed by atoms with Crippen molar-refractivity contribution in [2.24, 2.45) is 5.92 Å². The lowest BCUT2D eigenvalue weighted by molar-refractivity contribution is 0.312. The minimum atomic E-state index is 0.923. The van der Waals surface area contributed by atoms with Gasteiger partial charge in [-0.25, -0.2) is 0 Å². The highest BCUT2D eigenvalue weighted by molar-refractivity contribution is 9.10. The Balaban J connectivity index is 1.90. The average Bonchev–Trinajstić information content (AvgIpc) is 2.87. The van der Waals surface area contributed by atoms with Crippen molar-refractivity contribution in [1.82, 2.24) is 10.2 Å². The first-order valence-corrected chi connectivity index (χ1v) is 8.72. The van der Waals surface area contributed by atoms with Gasteiger partial charge in [0.2, 0.25) is 0 Å². The van der Waals surface area contributed by atoms with E-state index in [1.807, 2.05) is 0 Å². The minimum Gasteiger partial charge on any atom is -0.313 e. The van der Waals surface area contributed by atoms with Crippen LogP contribution in [0.5, 0.6) is 0 Å². The molecule has 1 aromatic rings. The highest BCUT2D eigenvalue weighted by atomic mass is 79.9. The summed E-state index contributed by atoms with van der Waals surface area (Å²) in [5, 5.41) is 3.37. The second kappa shape index (κ2) is 8.16. The van der Waals surface area contributed by atoms with Gasteiger partial charge in [-0.3, -0.25) is 4.90 Å². The zero-order valence-corrected chi connectivity index (χ0v) is 14.4. The molecule has 1 heterocycles. The van der Waals surface area contributed by atoms with Gasteiger partial charge in [-0.15, -0.1) is 0 Å². The smallest absolute Gasteiger partial charge is 0.0245 e. The fourth-order valence-electron chi connectivity index (χ4n) is 3.04. The van der Waals surface area contributed by atoms with Gasteiger partial charge in [-0.05, 0) is 49.0 Å². The predicted octanol–water partition coefficient (Wildman–Crippen LogP) is 4.18. The van der Waals surface area contributed by atoms with Crippen LogP contribution in [0.25, 0.3) is 0 Å². The third-order valence-electron chi connectivity index (χ3n) is 4.16. The molecule has 1 aromatic carbocycles. The van der Waals surface area contributed by atoms with E-state index in [2.05, 4.69) is 58.2 Å². The molecule has 1 aliphatic rings. The molecule has 112 valence electrons. The fourth-order valence-corrected chi connectivity index (χ4v) is 3.59. The zero-order valence-electron chi connectivity index (χ0n) is 12.8. The van der Waals surface area contributed by atoms with Gasteiger partial charge in [0.1, 0.15) is 0 Å². The normalized spacial score (nSPS) is 19.6. The monoisotopic (exact) mass is 338 g/mol. The summed E-state index contributed by atoms with van der Waals surface area (Å²) in [6.45, 7) is 10.0. The molecule has 1 aliphatic heterocycles. The lowest BCUT2D eigenvalue weighted by Crippen LogP contribution is -2.20. The van der Waals surface area contributed by atoms with Crippen molar-refractivity contribution in [2.45, 2.75) is 46.2 Å². The molecular weight excluding hydrogens is 312 g/mol. The zero-order chi connectivity index (χ0) is 14.4. The van der Waals surface area contributed by atoms with Crippen LogP contribution in [0.1, 0.15) is 44.2 Å². The second-order valence-corrected chi connectivity index (χ2v) is 6.74. The Kier molecular flexibility index (Phi) is 6.53. The van der Waals surface area contributed by atoms with E-state index in [1.54, 1.807) is 0 Å². The van der Waals surface area contributed by atoms with Crippen LogP contribution in [-0.4, -0.2) is 24.5 Å². The van der Waals surface area contributed by atoms with Crippen molar-refractivity contribution >= 4 is 15.9 Å². The van der Waals surface area contributed by atoms with Crippen molar-refractivity contribution < 1.29 is 0 Å². The quantitative estimate of drug-likeness (QED) is 0.802. The van der Waals surface area contributed by atoms with Gasteiger partial charge in [0.15, 0.2) is 0 Å². The maximum Gasteiger partial charge on any atom is 0.0245 e. The third kappa shape index (κ3) is 4.57. The minimum absolute atomic E-state index is 0.923. The van der Waals surface area contributed by atoms with Gasteiger partial charge in [0, 0.05) is 24.1 Å². The van der Waals surface area contributed by atoms with Crippen LogP contribution in [0, 0.1) is 5.92 Å². The molecule has 0 radical (unpaired) electrons. The molecule has 2 rings (SSSR count). The molecule has 0 bridgehead atoms. The number of nitrogens with one attached hydrogen (secondary N) is 1. The van der Waals surface area contributed by atoms with Crippen LogP contribution >= 0.6 is 15.9 Å². The van der Waals surface area contributed by atoms with Crippen molar-refractivity contribution in [3.05, 3.63) is 33.8 Å². The molecule has 0 aromatic heterocycles. The first-order valence-electron chi connectivity index (χ1n) is 7.93. The number of hydrogen-bond donors (Lipinski definition) is 1. The van der Waals surface area contributed by atoms with Crippen molar-refractivity contribution in [3.8, 4) is 0 Å². The number of benzene rings is 1. The molecule has 1 atom stereocenters. The molecule has 0 aliphatic carbocycles. The molecular formula is C17H27BrN2. The largest absolute Gasteiger partial charge is 0.313 e. The first kappa shape index (κ1) is 16.0. The Labute approximate surface area is 132 Å². The molecule has 3 heteroatoms. The summed E-state index contributed by atoms with van der Waals surface area (Å²) in [6, 6.07) is 6.80. The maximum atomic E-state index is 3.74. The summed E-state index contributed by atoms with van der Waals surface area (Å²) in [7, 11) is 0. The Morgan fingerprint density at radius 1 is 1.35 bits per heavy atom. The number of rotatable bonds is 7. The van der Waals surface area contributed by atoms with Gasteiger partial charge in [0.05, 0.1) is 0 Å². The van der Waals surface area contributed by atoms with E-state index in [9.17, 15) is 0 Å². The van der Waals surface area contributed by atoms with Crippen LogP contribution in [0.3, 0.4) is 0 Å². The molecule has 1 saturated heterocycles. The third-order valence-corrected chi connectivity index (χ3v) is 4.90. The van der Waals surface area contributed by atoms with E-state index in [-0.39, 0.29) is 0 Å². The van der Waals surface area contributed by atoms with Gasteiger partial charge in [-0.2, -0.15) is 0 Å². The highest BCUT2D eigenvalue weighted by Gasteiger charge is 2.21. The van der Waals surface area contributed by atoms with Crippen LogP contribution in [0.4, 0.5) is 0 Å². The summed E-state index contributed by atoms with van der Waals surface area (Å²) in [4.78, 5) is 2.60. The Morgan fingerprint density at radius 2 is 2.20 bits per heavy atom. The second-order valence-electron chi connectivity index (χ2n) is 5.88. The van der Waals surface area contributed by atoms with Crippen molar-refractivity contribution in [1.29, 1.82) is 0 Å². The molecule has 20 heavy (non-hydrogen) atoms. The molecule has 0 amide bonds. The SMILES string of the molecule is CCCC1CCN(Cc2ccc(CNCC)cc2Br)C1. The van der Waals surface area contributed by atoms with Gasteiger partial charge >= 0.3 is 0 Å². The summed E-state index contributed by atoms with van der Waals surface area (Å²) >= 11 is 3.74.